The van der Waals surface area contributed by atoms with Crippen LogP contribution in [0.5, 0.6) is 0 Å². The fourth-order valence-corrected chi connectivity index (χ4v) is 3.76. The summed E-state index contributed by atoms with van der Waals surface area (Å²) in [5.41, 5.74) is 2.78. The van der Waals surface area contributed by atoms with E-state index in [0.29, 0.717) is 10.6 Å². The van der Waals surface area contributed by atoms with E-state index in [2.05, 4.69) is 0 Å². The number of carbonyl (C=O) groups is 1. The molecule has 0 amide bonds. The molecule has 0 radical (unpaired) electrons. The van der Waals surface area contributed by atoms with Crippen molar-refractivity contribution in [3.05, 3.63) is 101 Å². The molecule has 0 bridgehead atoms. The summed E-state index contributed by atoms with van der Waals surface area (Å²) in [6.45, 7) is 2.02. The maximum Gasteiger partial charge on any atom is 0.180 e. The van der Waals surface area contributed by atoms with Gasteiger partial charge < -0.3 is 0 Å². The molecule has 0 aliphatic carbocycles. The first kappa shape index (κ1) is 16.8. The Morgan fingerprint density at radius 1 is 0.917 bits per heavy atom. The van der Waals surface area contributed by atoms with Crippen LogP contribution < -0.4 is 0 Å². The molecule has 3 aromatic rings. The molecule has 3 rings (SSSR count). The van der Waals surface area contributed by atoms with Crippen molar-refractivity contribution in [3.63, 3.8) is 0 Å². The molecule has 24 heavy (non-hydrogen) atoms. The Morgan fingerprint density at radius 3 is 2.29 bits per heavy atom. The van der Waals surface area contributed by atoms with E-state index in [-0.39, 0.29) is 11.0 Å². The van der Waals surface area contributed by atoms with E-state index >= 15 is 0 Å². The standard InChI is InChI=1S/C21H17ClOS/c1-15-10-12-16(13-11-15)20(23)21(17-6-5-7-18(22)14-17)24-19-8-3-2-4-9-19/h2-14,21H,1H3. The lowest BCUT2D eigenvalue weighted by atomic mass is 10.0. The normalized spacial score (nSPS) is 11.9. The summed E-state index contributed by atoms with van der Waals surface area (Å²) < 4.78 is 0. The summed E-state index contributed by atoms with van der Waals surface area (Å²) in [7, 11) is 0. The van der Waals surface area contributed by atoms with Gasteiger partial charge in [0, 0.05) is 15.5 Å². The highest BCUT2D eigenvalue weighted by Crippen LogP contribution is 2.38. The van der Waals surface area contributed by atoms with E-state index in [1.54, 1.807) is 11.8 Å². The molecule has 0 spiro atoms. The van der Waals surface area contributed by atoms with Crippen LogP contribution in [0.1, 0.15) is 26.7 Å². The van der Waals surface area contributed by atoms with Gasteiger partial charge in [-0.05, 0) is 36.8 Å². The van der Waals surface area contributed by atoms with Crippen molar-refractivity contribution in [2.24, 2.45) is 0 Å². The summed E-state index contributed by atoms with van der Waals surface area (Å²) >= 11 is 7.69. The van der Waals surface area contributed by atoms with Crippen molar-refractivity contribution in [1.82, 2.24) is 0 Å². The largest absolute Gasteiger partial charge is 0.293 e. The number of benzene rings is 3. The topological polar surface area (TPSA) is 17.1 Å². The maximum absolute atomic E-state index is 13.1. The maximum atomic E-state index is 13.1. The van der Waals surface area contributed by atoms with Crippen molar-refractivity contribution < 1.29 is 4.79 Å². The summed E-state index contributed by atoms with van der Waals surface area (Å²) in [4.78, 5) is 14.2. The molecule has 0 saturated heterocycles. The number of carbonyl (C=O) groups excluding carboxylic acids is 1. The van der Waals surface area contributed by atoms with Gasteiger partial charge >= 0.3 is 0 Å². The fourth-order valence-electron chi connectivity index (χ4n) is 2.45. The second-order valence-corrected chi connectivity index (χ2v) is 7.21. The number of ketones is 1. The Bertz CT molecular complexity index is 828. The van der Waals surface area contributed by atoms with Crippen LogP contribution in [0.4, 0.5) is 0 Å². The van der Waals surface area contributed by atoms with E-state index in [9.17, 15) is 4.79 Å². The van der Waals surface area contributed by atoms with Crippen molar-refractivity contribution in [2.45, 2.75) is 17.1 Å². The second kappa shape index (κ2) is 7.69. The lowest BCUT2D eigenvalue weighted by molar-refractivity contribution is 0.0989. The van der Waals surface area contributed by atoms with E-state index in [4.69, 9.17) is 11.6 Å². The van der Waals surface area contributed by atoms with Crippen LogP contribution in [0.2, 0.25) is 5.02 Å². The third-order valence-electron chi connectivity index (χ3n) is 3.72. The van der Waals surface area contributed by atoms with Crippen LogP contribution in [0, 0.1) is 6.92 Å². The van der Waals surface area contributed by atoms with Crippen molar-refractivity contribution in [2.75, 3.05) is 0 Å². The lowest BCUT2D eigenvalue weighted by Crippen LogP contribution is -2.10. The third-order valence-corrected chi connectivity index (χ3v) is 5.22. The first-order valence-electron chi connectivity index (χ1n) is 7.71. The van der Waals surface area contributed by atoms with Crippen LogP contribution in [-0.2, 0) is 0 Å². The van der Waals surface area contributed by atoms with Gasteiger partial charge in [0.2, 0.25) is 0 Å². The molecular weight excluding hydrogens is 336 g/mol. The first-order chi connectivity index (χ1) is 11.6. The Labute approximate surface area is 151 Å². The van der Waals surface area contributed by atoms with Crippen LogP contribution in [-0.4, -0.2) is 5.78 Å². The molecule has 120 valence electrons. The Hall–Kier alpha value is -2.03. The van der Waals surface area contributed by atoms with E-state index in [0.717, 1.165) is 16.0 Å². The van der Waals surface area contributed by atoms with Crippen molar-refractivity contribution in [1.29, 1.82) is 0 Å². The van der Waals surface area contributed by atoms with Crippen LogP contribution in [0.25, 0.3) is 0 Å². The molecule has 1 atom stereocenters. The van der Waals surface area contributed by atoms with Gasteiger partial charge in [0.25, 0.3) is 0 Å². The fraction of sp³-hybridized carbons (Fsp3) is 0.0952. The van der Waals surface area contributed by atoms with Crippen molar-refractivity contribution >= 4 is 29.1 Å². The van der Waals surface area contributed by atoms with Gasteiger partial charge in [-0.15, -0.1) is 11.8 Å². The molecule has 0 fully saturated rings. The third kappa shape index (κ3) is 4.08. The van der Waals surface area contributed by atoms with Gasteiger partial charge in [0.15, 0.2) is 5.78 Å². The highest BCUT2D eigenvalue weighted by Gasteiger charge is 2.23. The SMILES string of the molecule is Cc1ccc(C(=O)C(Sc2ccccc2)c2cccc(Cl)c2)cc1. The first-order valence-corrected chi connectivity index (χ1v) is 8.97. The monoisotopic (exact) mass is 352 g/mol. The summed E-state index contributed by atoms with van der Waals surface area (Å²) in [6, 6.07) is 25.2. The van der Waals surface area contributed by atoms with E-state index in [1.807, 2.05) is 85.8 Å². The summed E-state index contributed by atoms with van der Waals surface area (Å²) in [5, 5.41) is 0.316. The minimum absolute atomic E-state index is 0.0890. The molecule has 3 heteroatoms. The smallest absolute Gasteiger partial charge is 0.180 e. The Kier molecular flexibility index (Phi) is 5.39. The van der Waals surface area contributed by atoms with Crippen LogP contribution in [0.3, 0.4) is 0 Å². The minimum atomic E-state index is -0.325. The zero-order valence-electron chi connectivity index (χ0n) is 13.3. The minimum Gasteiger partial charge on any atom is -0.293 e. The molecule has 3 aromatic carbocycles. The average molecular weight is 353 g/mol. The zero-order valence-corrected chi connectivity index (χ0v) is 14.8. The summed E-state index contributed by atoms with van der Waals surface area (Å²) in [5.74, 6) is 0.0890. The highest BCUT2D eigenvalue weighted by atomic mass is 35.5. The Morgan fingerprint density at radius 2 is 1.62 bits per heavy atom. The number of halogens is 1. The van der Waals surface area contributed by atoms with Gasteiger partial charge in [-0.2, -0.15) is 0 Å². The molecule has 0 saturated carbocycles. The second-order valence-electron chi connectivity index (χ2n) is 5.60. The number of thioether (sulfide) groups is 1. The van der Waals surface area contributed by atoms with Gasteiger partial charge in [-0.3, -0.25) is 4.79 Å². The highest BCUT2D eigenvalue weighted by molar-refractivity contribution is 8.00. The molecule has 0 aliphatic heterocycles. The summed E-state index contributed by atoms with van der Waals surface area (Å²) in [6.07, 6.45) is 0. The quantitative estimate of drug-likeness (QED) is 0.392. The Balaban J connectivity index is 1.97. The van der Waals surface area contributed by atoms with E-state index in [1.165, 1.54) is 0 Å². The van der Waals surface area contributed by atoms with Crippen LogP contribution in [0.15, 0.2) is 83.8 Å². The zero-order chi connectivity index (χ0) is 16.9. The molecule has 0 aliphatic rings. The molecule has 1 nitrogen and oxygen atoms in total. The van der Waals surface area contributed by atoms with Gasteiger partial charge in [0.05, 0.1) is 5.25 Å². The number of rotatable bonds is 5. The van der Waals surface area contributed by atoms with E-state index < -0.39 is 0 Å². The number of aryl methyl sites for hydroxylation is 1. The number of hydrogen-bond donors (Lipinski definition) is 0. The molecule has 0 N–H and O–H groups in total. The predicted octanol–water partition coefficient (Wildman–Crippen LogP) is 6.36. The molecule has 0 aromatic heterocycles. The lowest BCUT2D eigenvalue weighted by Gasteiger charge is -2.17. The van der Waals surface area contributed by atoms with Gasteiger partial charge in [0.1, 0.15) is 0 Å². The predicted molar refractivity (Wildman–Crippen MR) is 102 cm³/mol. The van der Waals surface area contributed by atoms with Gasteiger partial charge in [-0.25, -0.2) is 0 Å². The number of hydrogen-bond acceptors (Lipinski definition) is 2. The molecular formula is C21H17ClOS. The average Bonchev–Trinajstić information content (AvgIpc) is 2.61. The van der Waals surface area contributed by atoms with Crippen LogP contribution >= 0.6 is 23.4 Å². The van der Waals surface area contributed by atoms with Crippen molar-refractivity contribution in [3.8, 4) is 0 Å². The molecule has 1 unspecified atom stereocenters. The number of Topliss-reactive ketones (excluding diaryl/α,β-unsaturated/α-hetero) is 1. The van der Waals surface area contributed by atoms with Gasteiger partial charge in [-0.1, -0.05) is 71.8 Å². The molecule has 0 heterocycles.